The van der Waals surface area contributed by atoms with E-state index in [4.69, 9.17) is 4.74 Å². The van der Waals surface area contributed by atoms with Gasteiger partial charge in [-0.3, -0.25) is 9.59 Å². The van der Waals surface area contributed by atoms with Crippen LogP contribution in [0.4, 0.5) is 5.69 Å². The second-order valence-corrected chi connectivity index (χ2v) is 7.65. The maximum atomic E-state index is 12.7. The number of anilines is 1. The number of benzene rings is 3. The first-order valence-electron chi connectivity index (χ1n) is 10.5. The molecule has 170 valence electrons. The molecule has 0 fully saturated rings. The van der Waals surface area contributed by atoms with Gasteiger partial charge in [-0.05, 0) is 42.5 Å². The Balaban J connectivity index is 1.34. The molecule has 35 heavy (non-hydrogen) atoms. The number of amides is 2. The minimum absolute atomic E-state index is 0.0640. The van der Waals surface area contributed by atoms with Crippen molar-refractivity contribution < 1.29 is 24.2 Å². The van der Waals surface area contributed by atoms with Crippen molar-refractivity contribution in [2.45, 2.75) is 0 Å². The Kier molecular flexibility index (Phi) is 5.31. The molecule has 0 radical (unpaired) electrons. The molecule has 4 aromatic rings. The number of allylic oxidation sites excluding steroid dienone is 1. The lowest BCUT2D eigenvalue weighted by Crippen LogP contribution is -2.29. The van der Waals surface area contributed by atoms with Crippen molar-refractivity contribution in [1.82, 2.24) is 9.97 Å². The fourth-order valence-corrected chi connectivity index (χ4v) is 3.81. The Bertz CT molecular complexity index is 1530. The number of nitriles is 1. The lowest BCUT2D eigenvalue weighted by Gasteiger charge is -2.15. The van der Waals surface area contributed by atoms with Crippen LogP contribution in [0, 0.1) is 11.3 Å². The fraction of sp³-hybridized carbons (Fsp3) is 0.0385. The van der Waals surface area contributed by atoms with Crippen LogP contribution in [0.3, 0.4) is 0 Å². The molecule has 0 atom stereocenters. The van der Waals surface area contributed by atoms with Crippen LogP contribution in [-0.4, -0.2) is 39.5 Å². The maximum absolute atomic E-state index is 12.7. The number of rotatable bonds is 5. The molecule has 5 rings (SSSR count). The van der Waals surface area contributed by atoms with E-state index in [9.17, 15) is 24.8 Å². The normalized spacial score (nSPS) is 13.4. The van der Waals surface area contributed by atoms with E-state index in [1.54, 1.807) is 48.5 Å². The van der Waals surface area contributed by atoms with Gasteiger partial charge in [0.05, 0.1) is 33.4 Å². The molecule has 1 aliphatic heterocycles. The number of carbonyl (C=O) groups is 3. The zero-order valence-electron chi connectivity index (χ0n) is 18.1. The largest absolute Gasteiger partial charge is 0.507 e. The number of aliphatic hydroxyl groups is 1. The summed E-state index contributed by atoms with van der Waals surface area (Å²) in [6, 6.07) is 21.3. The van der Waals surface area contributed by atoms with Crippen LogP contribution in [0.2, 0.25) is 0 Å². The number of hydrogen-bond acceptors (Lipinski definition) is 7. The number of fused-ring (bicyclic) bond motifs is 2. The summed E-state index contributed by atoms with van der Waals surface area (Å²) in [4.78, 5) is 46.3. The van der Waals surface area contributed by atoms with E-state index < -0.39 is 30.1 Å². The van der Waals surface area contributed by atoms with Gasteiger partial charge in [0.2, 0.25) is 0 Å². The van der Waals surface area contributed by atoms with Crippen molar-refractivity contribution in [3.8, 4) is 6.07 Å². The summed E-state index contributed by atoms with van der Waals surface area (Å²) in [5, 5.41) is 19.9. The van der Waals surface area contributed by atoms with Gasteiger partial charge in [0.1, 0.15) is 18.2 Å². The molecule has 9 nitrogen and oxygen atoms in total. The minimum atomic E-state index is -0.808. The molecule has 1 aromatic heterocycles. The molecule has 2 N–H and O–H groups in total. The van der Waals surface area contributed by atoms with Gasteiger partial charge in [0, 0.05) is 0 Å². The highest BCUT2D eigenvalue weighted by Gasteiger charge is 2.36. The molecule has 0 bridgehead atoms. The van der Waals surface area contributed by atoms with Crippen LogP contribution in [0.15, 0.2) is 78.6 Å². The second kappa shape index (κ2) is 8.61. The molecule has 0 saturated heterocycles. The fourth-order valence-electron chi connectivity index (χ4n) is 3.81. The van der Waals surface area contributed by atoms with E-state index in [1.807, 2.05) is 6.07 Å². The summed E-state index contributed by atoms with van der Waals surface area (Å²) in [6.07, 6.45) is 0. The highest BCUT2D eigenvalue weighted by Crippen LogP contribution is 2.29. The van der Waals surface area contributed by atoms with Crippen molar-refractivity contribution >= 4 is 40.1 Å². The number of aromatic nitrogens is 2. The SMILES string of the molecule is N#C/C(=C(/O)COC(=O)c1cccc(N2C(=O)c3ccccc3C2=O)c1)c1nc2ccccc2[nH]1. The smallest absolute Gasteiger partial charge is 0.338 e. The van der Waals surface area contributed by atoms with Gasteiger partial charge >= 0.3 is 5.97 Å². The van der Waals surface area contributed by atoms with Crippen LogP contribution in [0.5, 0.6) is 0 Å². The molecule has 1 aliphatic rings. The molecule has 0 unspecified atom stereocenters. The summed E-state index contributed by atoms with van der Waals surface area (Å²) < 4.78 is 5.17. The van der Waals surface area contributed by atoms with Gasteiger partial charge in [-0.1, -0.05) is 30.3 Å². The van der Waals surface area contributed by atoms with E-state index >= 15 is 0 Å². The van der Waals surface area contributed by atoms with Crippen molar-refractivity contribution in [3.05, 3.63) is 101 Å². The first-order valence-corrected chi connectivity index (χ1v) is 10.5. The average molecular weight is 464 g/mol. The number of imidazole rings is 1. The van der Waals surface area contributed by atoms with Gasteiger partial charge in [-0.25, -0.2) is 14.7 Å². The van der Waals surface area contributed by atoms with Crippen molar-refractivity contribution in [2.24, 2.45) is 0 Å². The number of aromatic amines is 1. The van der Waals surface area contributed by atoms with E-state index in [0.29, 0.717) is 11.0 Å². The highest BCUT2D eigenvalue weighted by atomic mass is 16.5. The number of aliphatic hydroxyl groups excluding tert-OH is 1. The molecule has 3 aromatic carbocycles. The third-order valence-corrected chi connectivity index (χ3v) is 5.50. The van der Waals surface area contributed by atoms with Crippen LogP contribution in [0.1, 0.15) is 36.9 Å². The van der Waals surface area contributed by atoms with E-state index in [2.05, 4.69) is 9.97 Å². The zero-order valence-corrected chi connectivity index (χ0v) is 18.1. The monoisotopic (exact) mass is 464 g/mol. The van der Waals surface area contributed by atoms with Crippen LogP contribution < -0.4 is 4.90 Å². The molecular formula is C26H16N4O5. The lowest BCUT2D eigenvalue weighted by atomic mass is 10.1. The number of imide groups is 1. The van der Waals surface area contributed by atoms with Crippen LogP contribution in [-0.2, 0) is 4.74 Å². The molecule has 2 amide bonds. The van der Waals surface area contributed by atoms with Gasteiger partial charge in [-0.15, -0.1) is 0 Å². The molecule has 2 heterocycles. The quantitative estimate of drug-likeness (QED) is 0.197. The molecule has 0 saturated carbocycles. The Labute approximate surface area is 198 Å². The minimum Gasteiger partial charge on any atom is -0.507 e. The number of para-hydroxylation sites is 2. The van der Waals surface area contributed by atoms with E-state index in [1.165, 1.54) is 24.3 Å². The van der Waals surface area contributed by atoms with E-state index in [-0.39, 0.29) is 33.8 Å². The molecule has 0 aliphatic carbocycles. The van der Waals surface area contributed by atoms with Gasteiger partial charge in [0.15, 0.2) is 11.6 Å². The highest BCUT2D eigenvalue weighted by molar-refractivity contribution is 6.34. The van der Waals surface area contributed by atoms with Crippen molar-refractivity contribution in [3.63, 3.8) is 0 Å². The molecule has 9 heteroatoms. The summed E-state index contributed by atoms with van der Waals surface area (Å²) in [6.45, 7) is -0.573. The number of carbonyl (C=O) groups excluding carboxylic acids is 3. The predicted molar refractivity (Wildman–Crippen MR) is 126 cm³/mol. The number of ether oxygens (including phenoxy) is 1. The van der Waals surface area contributed by atoms with Crippen LogP contribution in [0.25, 0.3) is 16.6 Å². The number of nitrogens with one attached hydrogen (secondary N) is 1. The lowest BCUT2D eigenvalue weighted by molar-refractivity contribution is 0.0502. The Morgan fingerprint density at radius 3 is 2.37 bits per heavy atom. The number of esters is 1. The summed E-state index contributed by atoms with van der Waals surface area (Å²) >= 11 is 0. The third-order valence-electron chi connectivity index (χ3n) is 5.50. The molecular weight excluding hydrogens is 448 g/mol. The zero-order chi connectivity index (χ0) is 24.5. The Morgan fingerprint density at radius 2 is 1.69 bits per heavy atom. The summed E-state index contributed by atoms with van der Waals surface area (Å²) in [5.74, 6) is -2.11. The first-order chi connectivity index (χ1) is 17.0. The standard InChI is InChI=1S/C26H16N4O5/c27-13-19(23-28-20-10-3-4-11-21(20)29-23)22(31)14-35-26(34)15-6-5-7-16(12-15)30-24(32)17-8-1-2-9-18(17)25(30)33/h1-12,31H,14H2,(H,28,29)/b22-19-. The third kappa shape index (κ3) is 3.79. The summed E-state index contributed by atoms with van der Waals surface area (Å²) in [7, 11) is 0. The van der Waals surface area contributed by atoms with Crippen molar-refractivity contribution in [1.29, 1.82) is 5.26 Å². The van der Waals surface area contributed by atoms with Gasteiger partial charge < -0.3 is 14.8 Å². The molecule has 0 spiro atoms. The average Bonchev–Trinajstić information content (AvgIpc) is 3.42. The number of nitrogens with zero attached hydrogens (tertiary/aromatic N) is 3. The second-order valence-electron chi connectivity index (χ2n) is 7.65. The Hall–Kier alpha value is -5.23. The van der Waals surface area contributed by atoms with Gasteiger partial charge in [0.25, 0.3) is 11.8 Å². The van der Waals surface area contributed by atoms with Crippen LogP contribution >= 0.6 is 0 Å². The summed E-state index contributed by atoms with van der Waals surface area (Å²) in [5.41, 5.74) is 1.99. The van der Waals surface area contributed by atoms with Gasteiger partial charge in [-0.2, -0.15) is 5.26 Å². The van der Waals surface area contributed by atoms with E-state index in [0.717, 1.165) is 4.90 Å². The topological polar surface area (TPSA) is 136 Å². The maximum Gasteiger partial charge on any atom is 0.338 e. The Morgan fingerprint density at radius 1 is 1.00 bits per heavy atom. The number of H-pyrrole nitrogens is 1. The number of hydrogen-bond donors (Lipinski definition) is 2. The predicted octanol–water partition coefficient (Wildman–Crippen LogP) is 4.01. The first kappa shape index (κ1) is 21.6. The van der Waals surface area contributed by atoms with Crippen molar-refractivity contribution in [2.75, 3.05) is 11.5 Å².